The minimum atomic E-state index is -0.397. The summed E-state index contributed by atoms with van der Waals surface area (Å²) in [6.45, 7) is 0.820. The van der Waals surface area contributed by atoms with Crippen LogP contribution in [0.15, 0.2) is 72.8 Å². The number of benzene rings is 3. The molecule has 160 valence electrons. The molecular weight excluding hydrogens is 398 g/mol. The SMILES string of the molecule is O=C(NCCC=Cc1cccc2c1CCC2=O)OCC1c2ccccc2-c2ccccc21. The van der Waals surface area contributed by atoms with Crippen LogP contribution in [0, 0.1) is 0 Å². The maximum absolute atomic E-state index is 12.3. The van der Waals surface area contributed by atoms with Crippen molar-refractivity contribution in [1.29, 1.82) is 0 Å². The second-order valence-corrected chi connectivity index (χ2v) is 8.24. The number of carbonyl (C=O) groups is 2. The second-order valence-electron chi connectivity index (χ2n) is 8.24. The van der Waals surface area contributed by atoms with E-state index in [-0.39, 0.29) is 11.7 Å². The van der Waals surface area contributed by atoms with Gasteiger partial charge in [-0.25, -0.2) is 4.79 Å². The molecule has 5 rings (SSSR count). The molecule has 32 heavy (non-hydrogen) atoms. The molecule has 0 unspecified atom stereocenters. The molecule has 0 bridgehead atoms. The first-order valence-electron chi connectivity index (χ1n) is 11.1. The average molecular weight is 424 g/mol. The van der Waals surface area contributed by atoms with Gasteiger partial charge >= 0.3 is 6.09 Å². The van der Waals surface area contributed by atoms with Crippen molar-refractivity contribution in [2.24, 2.45) is 0 Å². The minimum absolute atomic E-state index is 0.0657. The highest BCUT2D eigenvalue weighted by molar-refractivity contribution is 6.01. The third kappa shape index (κ3) is 3.84. The van der Waals surface area contributed by atoms with Crippen LogP contribution in [0.25, 0.3) is 17.2 Å². The van der Waals surface area contributed by atoms with Gasteiger partial charge in [0, 0.05) is 24.4 Å². The smallest absolute Gasteiger partial charge is 0.407 e. The van der Waals surface area contributed by atoms with Gasteiger partial charge in [0.25, 0.3) is 0 Å². The maximum Gasteiger partial charge on any atom is 0.407 e. The lowest BCUT2D eigenvalue weighted by molar-refractivity contribution is 0.0994. The first-order valence-corrected chi connectivity index (χ1v) is 11.1. The van der Waals surface area contributed by atoms with E-state index >= 15 is 0 Å². The number of nitrogens with one attached hydrogen (secondary N) is 1. The molecule has 2 aliphatic rings. The summed E-state index contributed by atoms with van der Waals surface area (Å²) in [5.41, 5.74) is 7.93. The van der Waals surface area contributed by atoms with E-state index in [2.05, 4.69) is 29.6 Å². The fourth-order valence-corrected chi connectivity index (χ4v) is 4.79. The van der Waals surface area contributed by atoms with E-state index in [4.69, 9.17) is 4.74 Å². The molecule has 0 aliphatic heterocycles. The van der Waals surface area contributed by atoms with Gasteiger partial charge in [-0.1, -0.05) is 78.9 Å². The van der Waals surface area contributed by atoms with Crippen molar-refractivity contribution in [1.82, 2.24) is 5.32 Å². The van der Waals surface area contributed by atoms with Gasteiger partial charge in [-0.15, -0.1) is 0 Å². The number of amides is 1. The number of carbonyl (C=O) groups excluding carboxylic acids is 2. The molecule has 0 heterocycles. The van der Waals surface area contributed by atoms with E-state index in [1.54, 1.807) is 0 Å². The Morgan fingerprint density at radius 3 is 2.34 bits per heavy atom. The Balaban J connectivity index is 1.13. The molecule has 4 nitrogen and oxygen atoms in total. The van der Waals surface area contributed by atoms with Gasteiger partial charge in [0.05, 0.1) is 0 Å². The van der Waals surface area contributed by atoms with Gasteiger partial charge in [0.2, 0.25) is 0 Å². The number of ether oxygens (including phenoxy) is 1. The largest absolute Gasteiger partial charge is 0.449 e. The summed E-state index contributed by atoms with van der Waals surface area (Å²) in [5.74, 6) is 0.295. The van der Waals surface area contributed by atoms with Crippen molar-refractivity contribution in [2.75, 3.05) is 13.2 Å². The fourth-order valence-electron chi connectivity index (χ4n) is 4.79. The van der Waals surface area contributed by atoms with Crippen molar-refractivity contribution < 1.29 is 14.3 Å². The van der Waals surface area contributed by atoms with Crippen molar-refractivity contribution in [3.05, 3.63) is 101 Å². The van der Waals surface area contributed by atoms with Crippen molar-refractivity contribution in [3.63, 3.8) is 0 Å². The Kier molecular flexibility index (Phi) is 5.59. The van der Waals surface area contributed by atoms with Crippen LogP contribution in [-0.4, -0.2) is 25.0 Å². The Morgan fingerprint density at radius 1 is 0.906 bits per heavy atom. The predicted octanol–water partition coefficient (Wildman–Crippen LogP) is 5.76. The lowest BCUT2D eigenvalue weighted by Crippen LogP contribution is -2.26. The average Bonchev–Trinajstić information content (AvgIpc) is 3.36. The summed E-state index contributed by atoms with van der Waals surface area (Å²) < 4.78 is 5.57. The Bertz CT molecular complexity index is 1170. The molecule has 0 aromatic heterocycles. The van der Waals surface area contributed by atoms with Crippen molar-refractivity contribution >= 4 is 18.0 Å². The van der Waals surface area contributed by atoms with Crippen LogP contribution < -0.4 is 5.32 Å². The molecule has 1 amide bonds. The van der Waals surface area contributed by atoms with Crippen LogP contribution in [0.1, 0.15) is 51.4 Å². The summed E-state index contributed by atoms with van der Waals surface area (Å²) in [6, 6.07) is 22.5. The lowest BCUT2D eigenvalue weighted by Gasteiger charge is -2.14. The first kappa shape index (κ1) is 20.3. The van der Waals surface area contributed by atoms with Gasteiger partial charge < -0.3 is 10.1 Å². The third-order valence-electron chi connectivity index (χ3n) is 6.34. The molecule has 0 fully saturated rings. The zero-order valence-electron chi connectivity index (χ0n) is 17.8. The molecule has 0 radical (unpaired) electrons. The molecule has 1 N–H and O–H groups in total. The number of ketones is 1. The minimum Gasteiger partial charge on any atom is -0.449 e. The van der Waals surface area contributed by atoms with Crippen LogP contribution in [0.4, 0.5) is 4.79 Å². The first-order chi connectivity index (χ1) is 15.7. The number of hydrogen-bond acceptors (Lipinski definition) is 3. The highest BCUT2D eigenvalue weighted by atomic mass is 16.5. The number of alkyl carbamates (subject to hydrolysis) is 1. The van der Waals surface area contributed by atoms with Gasteiger partial charge in [0.15, 0.2) is 5.78 Å². The van der Waals surface area contributed by atoms with E-state index in [1.165, 1.54) is 22.3 Å². The molecule has 0 saturated carbocycles. The zero-order valence-corrected chi connectivity index (χ0v) is 17.8. The normalized spacial score (nSPS) is 14.3. The van der Waals surface area contributed by atoms with E-state index in [9.17, 15) is 9.59 Å². The van der Waals surface area contributed by atoms with Crippen LogP contribution >= 0.6 is 0 Å². The highest BCUT2D eigenvalue weighted by Crippen LogP contribution is 2.44. The number of Topliss-reactive ketones (excluding diaryl/α,β-unsaturated/α-hetero) is 1. The van der Waals surface area contributed by atoms with Crippen LogP contribution in [0.2, 0.25) is 0 Å². The molecule has 3 aromatic rings. The van der Waals surface area contributed by atoms with Gasteiger partial charge in [-0.3, -0.25) is 4.79 Å². The molecule has 0 spiro atoms. The van der Waals surface area contributed by atoms with Gasteiger partial charge in [-0.05, 0) is 46.2 Å². The zero-order chi connectivity index (χ0) is 21.9. The topological polar surface area (TPSA) is 55.4 Å². The Morgan fingerprint density at radius 2 is 1.59 bits per heavy atom. The van der Waals surface area contributed by atoms with E-state index in [0.717, 1.165) is 23.1 Å². The summed E-state index contributed by atoms with van der Waals surface area (Å²) in [4.78, 5) is 24.1. The Hall–Kier alpha value is -3.66. The molecule has 0 atom stereocenters. The summed E-state index contributed by atoms with van der Waals surface area (Å²) in [6.07, 6.45) is 5.78. The van der Waals surface area contributed by atoms with E-state index in [1.807, 2.05) is 54.6 Å². The number of hydrogen-bond donors (Lipinski definition) is 1. The van der Waals surface area contributed by atoms with Gasteiger partial charge in [0.1, 0.15) is 6.61 Å². The quantitative estimate of drug-likeness (QED) is 0.513. The molecule has 3 aromatic carbocycles. The van der Waals surface area contributed by atoms with Crippen LogP contribution in [0.3, 0.4) is 0 Å². The van der Waals surface area contributed by atoms with Crippen LogP contribution in [0.5, 0.6) is 0 Å². The highest BCUT2D eigenvalue weighted by Gasteiger charge is 2.28. The van der Waals surface area contributed by atoms with Crippen molar-refractivity contribution in [2.45, 2.75) is 25.2 Å². The number of rotatable bonds is 6. The Labute approximate surface area is 187 Å². The third-order valence-corrected chi connectivity index (χ3v) is 6.34. The number of fused-ring (bicyclic) bond motifs is 4. The predicted molar refractivity (Wildman–Crippen MR) is 126 cm³/mol. The molecule has 4 heteroatoms. The fraction of sp³-hybridized carbons (Fsp3) is 0.214. The maximum atomic E-state index is 12.3. The summed E-state index contributed by atoms with van der Waals surface area (Å²) >= 11 is 0. The van der Waals surface area contributed by atoms with E-state index < -0.39 is 6.09 Å². The van der Waals surface area contributed by atoms with Crippen LogP contribution in [-0.2, 0) is 11.2 Å². The summed E-state index contributed by atoms with van der Waals surface area (Å²) in [5, 5.41) is 2.83. The molecular formula is C28H25NO3. The standard InChI is InChI=1S/C28H25NO3/c30-27-16-15-20-19(9-7-14-25(20)27)8-5-6-17-29-28(31)32-18-26-23-12-3-1-10-21(23)22-11-2-4-13-24(22)26/h1-5,7-14,26H,6,15-18H2,(H,29,31). The monoisotopic (exact) mass is 423 g/mol. The molecule has 0 saturated heterocycles. The second kappa shape index (κ2) is 8.83. The van der Waals surface area contributed by atoms with E-state index in [0.29, 0.717) is 26.0 Å². The van der Waals surface area contributed by atoms with Gasteiger partial charge in [-0.2, -0.15) is 0 Å². The lowest BCUT2D eigenvalue weighted by atomic mass is 9.98. The summed E-state index contributed by atoms with van der Waals surface area (Å²) in [7, 11) is 0. The molecule has 2 aliphatic carbocycles. The van der Waals surface area contributed by atoms with Crippen molar-refractivity contribution in [3.8, 4) is 11.1 Å².